The molecule has 0 aromatic rings. The quantitative estimate of drug-likeness (QED) is 0.784. The second kappa shape index (κ2) is 5.87. The zero-order valence-corrected chi connectivity index (χ0v) is 11.5. The number of carbonyl (C=O) groups is 1. The lowest BCUT2D eigenvalue weighted by atomic mass is 9.77. The molecular weight excluding hydrogens is 224 g/mol. The van der Waals surface area contributed by atoms with E-state index in [0.717, 1.165) is 19.3 Å². The van der Waals surface area contributed by atoms with E-state index >= 15 is 0 Å². The molecule has 3 N–H and O–H groups in total. The fraction of sp³-hybridized carbons (Fsp3) is 0.917. The first-order valence-electron chi connectivity index (χ1n) is 5.92. The first-order valence-corrected chi connectivity index (χ1v) is 5.92. The van der Waals surface area contributed by atoms with E-state index in [-0.39, 0.29) is 29.3 Å². The Balaban J connectivity index is 0.00000225. The molecular formula is C12H25ClN2O. The van der Waals surface area contributed by atoms with Gasteiger partial charge in [-0.1, -0.05) is 27.2 Å². The molecule has 1 aliphatic rings. The summed E-state index contributed by atoms with van der Waals surface area (Å²) in [4.78, 5) is 11.6. The minimum absolute atomic E-state index is 0. The summed E-state index contributed by atoms with van der Waals surface area (Å²) in [6.45, 7) is 7.00. The smallest absolute Gasteiger partial charge is 0.220 e. The highest BCUT2D eigenvalue weighted by Gasteiger charge is 2.33. The van der Waals surface area contributed by atoms with Crippen molar-refractivity contribution in [2.24, 2.45) is 11.1 Å². The van der Waals surface area contributed by atoms with Crippen molar-refractivity contribution in [3.05, 3.63) is 0 Å². The number of hydrogen-bond donors (Lipinski definition) is 2. The zero-order chi connectivity index (χ0) is 11.5. The van der Waals surface area contributed by atoms with Crippen LogP contribution in [-0.2, 0) is 4.79 Å². The average Bonchev–Trinajstić information content (AvgIpc) is 2.11. The van der Waals surface area contributed by atoms with Gasteiger partial charge in [-0.25, -0.2) is 0 Å². The molecule has 3 nitrogen and oxygen atoms in total. The van der Waals surface area contributed by atoms with Crippen molar-refractivity contribution < 1.29 is 4.79 Å². The van der Waals surface area contributed by atoms with Gasteiger partial charge in [0.25, 0.3) is 0 Å². The van der Waals surface area contributed by atoms with Gasteiger partial charge in [0, 0.05) is 18.5 Å². The van der Waals surface area contributed by atoms with Gasteiger partial charge in [0.15, 0.2) is 0 Å². The molecule has 1 rings (SSSR count). The van der Waals surface area contributed by atoms with Crippen LogP contribution in [0.3, 0.4) is 0 Å². The molecule has 1 saturated carbocycles. The molecule has 1 fully saturated rings. The van der Waals surface area contributed by atoms with Crippen LogP contribution in [-0.4, -0.2) is 18.0 Å². The summed E-state index contributed by atoms with van der Waals surface area (Å²) in [5, 5.41) is 2.95. The predicted octanol–water partition coefficient (Wildman–Crippen LogP) is 2.23. The Hall–Kier alpha value is -0.280. The van der Waals surface area contributed by atoms with Crippen LogP contribution in [0.15, 0.2) is 0 Å². The Kier molecular flexibility index (Phi) is 5.77. The Morgan fingerprint density at radius 1 is 1.44 bits per heavy atom. The van der Waals surface area contributed by atoms with Crippen molar-refractivity contribution in [2.45, 2.75) is 58.4 Å². The lowest BCUT2D eigenvalue weighted by Gasteiger charge is -2.38. The number of rotatable bonds is 5. The largest absolute Gasteiger partial charge is 0.354 e. The summed E-state index contributed by atoms with van der Waals surface area (Å²) in [7, 11) is 0. The maximum atomic E-state index is 11.6. The molecule has 4 heteroatoms. The van der Waals surface area contributed by atoms with Gasteiger partial charge >= 0.3 is 0 Å². The Bertz CT molecular complexity index is 237. The molecule has 0 aromatic heterocycles. The molecule has 1 aliphatic carbocycles. The molecule has 96 valence electrons. The number of nitrogens with one attached hydrogen (secondary N) is 1. The van der Waals surface area contributed by atoms with Crippen LogP contribution in [0.1, 0.15) is 52.9 Å². The zero-order valence-electron chi connectivity index (χ0n) is 10.6. The Labute approximate surface area is 105 Å². The van der Waals surface area contributed by atoms with Crippen LogP contribution in [0.4, 0.5) is 0 Å². The monoisotopic (exact) mass is 248 g/mol. The highest BCUT2D eigenvalue weighted by Crippen LogP contribution is 2.28. The molecule has 0 aliphatic heterocycles. The minimum atomic E-state index is -0.105. The van der Waals surface area contributed by atoms with E-state index < -0.39 is 0 Å². The highest BCUT2D eigenvalue weighted by atomic mass is 35.5. The highest BCUT2D eigenvalue weighted by molar-refractivity contribution is 5.85. The molecule has 16 heavy (non-hydrogen) atoms. The fourth-order valence-corrected chi connectivity index (χ4v) is 1.70. The van der Waals surface area contributed by atoms with E-state index in [0.29, 0.717) is 13.0 Å². The first-order chi connectivity index (χ1) is 6.87. The van der Waals surface area contributed by atoms with Crippen molar-refractivity contribution in [1.29, 1.82) is 0 Å². The summed E-state index contributed by atoms with van der Waals surface area (Å²) in [5.41, 5.74) is 6.03. The van der Waals surface area contributed by atoms with E-state index in [1.54, 1.807) is 0 Å². The van der Waals surface area contributed by atoms with Crippen LogP contribution < -0.4 is 11.1 Å². The van der Waals surface area contributed by atoms with E-state index in [1.165, 1.54) is 6.42 Å². The van der Waals surface area contributed by atoms with Crippen LogP contribution >= 0.6 is 12.4 Å². The summed E-state index contributed by atoms with van der Waals surface area (Å²) < 4.78 is 0. The summed E-state index contributed by atoms with van der Waals surface area (Å²) in [5.74, 6) is 0.138. The maximum Gasteiger partial charge on any atom is 0.220 e. The van der Waals surface area contributed by atoms with Crippen molar-refractivity contribution in [3.63, 3.8) is 0 Å². The van der Waals surface area contributed by atoms with Gasteiger partial charge in [0.2, 0.25) is 5.91 Å². The fourth-order valence-electron chi connectivity index (χ4n) is 1.70. The SMILES string of the molecule is CCC(C)(C)CC(=O)NCC1(N)CCC1.Cl. The van der Waals surface area contributed by atoms with Crippen LogP contribution in [0.25, 0.3) is 0 Å². The standard InChI is InChI=1S/C12H24N2O.ClH/c1-4-11(2,3)8-10(15)14-9-12(13)6-5-7-12;/h4-9,13H2,1-3H3,(H,14,15);1H. The van der Waals surface area contributed by atoms with Crippen molar-refractivity contribution >= 4 is 18.3 Å². The van der Waals surface area contributed by atoms with Crippen LogP contribution in [0.2, 0.25) is 0 Å². The first kappa shape index (κ1) is 15.7. The van der Waals surface area contributed by atoms with Gasteiger partial charge in [-0.3, -0.25) is 4.79 Å². The summed E-state index contributed by atoms with van der Waals surface area (Å²) in [6, 6.07) is 0. The van der Waals surface area contributed by atoms with Crippen molar-refractivity contribution in [3.8, 4) is 0 Å². The predicted molar refractivity (Wildman–Crippen MR) is 69.7 cm³/mol. The van der Waals surface area contributed by atoms with Gasteiger partial charge in [0.05, 0.1) is 0 Å². The second-order valence-electron chi connectivity index (χ2n) is 5.69. The second-order valence-corrected chi connectivity index (χ2v) is 5.69. The molecule has 0 spiro atoms. The minimum Gasteiger partial charge on any atom is -0.354 e. The molecule has 1 amide bonds. The third-order valence-corrected chi connectivity index (χ3v) is 3.58. The third-order valence-electron chi connectivity index (χ3n) is 3.58. The van der Waals surface area contributed by atoms with E-state index in [9.17, 15) is 4.79 Å². The van der Waals surface area contributed by atoms with Gasteiger partial charge in [0.1, 0.15) is 0 Å². The Morgan fingerprint density at radius 3 is 2.38 bits per heavy atom. The lowest BCUT2D eigenvalue weighted by molar-refractivity contribution is -0.123. The van der Waals surface area contributed by atoms with Crippen LogP contribution in [0.5, 0.6) is 0 Å². The van der Waals surface area contributed by atoms with Gasteiger partial charge in [-0.05, 0) is 24.7 Å². The number of amides is 1. The number of hydrogen-bond acceptors (Lipinski definition) is 2. The molecule has 0 radical (unpaired) electrons. The summed E-state index contributed by atoms with van der Waals surface area (Å²) in [6.07, 6.45) is 4.91. The lowest BCUT2D eigenvalue weighted by Crippen LogP contribution is -2.55. The molecule has 0 unspecified atom stereocenters. The number of carbonyl (C=O) groups excluding carboxylic acids is 1. The average molecular weight is 249 g/mol. The van der Waals surface area contributed by atoms with E-state index in [1.807, 2.05) is 0 Å². The Morgan fingerprint density at radius 2 is 2.00 bits per heavy atom. The van der Waals surface area contributed by atoms with Gasteiger partial charge in [-0.15, -0.1) is 12.4 Å². The van der Waals surface area contributed by atoms with Crippen molar-refractivity contribution in [2.75, 3.05) is 6.54 Å². The number of halogens is 1. The maximum absolute atomic E-state index is 11.6. The summed E-state index contributed by atoms with van der Waals surface area (Å²) >= 11 is 0. The molecule has 0 aromatic carbocycles. The van der Waals surface area contributed by atoms with Gasteiger partial charge < -0.3 is 11.1 Å². The van der Waals surface area contributed by atoms with E-state index in [2.05, 4.69) is 26.1 Å². The number of nitrogens with two attached hydrogens (primary N) is 1. The molecule has 0 saturated heterocycles. The van der Waals surface area contributed by atoms with Gasteiger partial charge in [-0.2, -0.15) is 0 Å². The third kappa shape index (κ3) is 4.71. The normalized spacial score (nSPS) is 18.2. The topological polar surface area (TPSA) is 55.1 Å². The molecule has 0 heterocycles. The molecule has 0 bridgehead atoms. The van der Waals surface area contributed by atoms with Crippen LogP contribution in [0, 0.1) is 5.41 Å². The molecule has 0 atom stereocenters. The van der Waals surface area contributed by atoms with Crippen molar-refractivity contribution in [1.82, 2.24) is 5.32 Å². The van der Waals surface area contributed by atoms with E-state index in [4.69, 9.17) is 5.73 Å².